The molecule has 1 amide bonds. The fourth-order valence-electron chi connectivity index (χ4n) is 1.90. The minimum Gasteiger partial charge on any atom is -0.378 e. The molecule has 0 saturated carbocycles. The highest BCUT2D eigenvalue weighted by Gasteiger charge is 2.29. The lowest BCUT2D eigenvalue weighted by molar-refractivity contribution is -0.123. The Morgan fingerprint density at radius 1 is 1.45 bits per heavy atom. The Hall–Kier alpha value is -1.57. The molecule has 1 aromatic heterocycles. The molecule has 0 saturated heterocycles. The normalized spacial score (nSPS) is 17.2. The number of benzene rings is 1. The molecule has 6 nitrogen and oxygen atoms in total. The summed E-state index contributed by atoms with van der Waals surface area (Å²) in [5, 5.41) is 21.5. The first-order valence-electron chi connectivity index (χ1n) is 5.83. The van der Waals surface area contributed by atoms with Crippen LogP contribution in [0.2, 0.25) is 5.02 Å². The molecule has 8 heteroatoms. The molecule has 1 aromatic carbocycles. The van der Waals surface area contributed by atoms with Crippen molar-refractivity contribution in [3.05, 3.63) is 28.5 Å². The van der Waals surface area contributed by atoms with Crippen LogP contribution in [0.1, 0.15) is 17.5 Å². The maximum absolute atomic E-state index is 11.4. The Morgan fingerprint density at radius 3 is 2.85 bits per heavy atom. The number of fused-ring (bicyclic) bond motifs is 1. The molecule has 3 rings (SSSR count). The Morgan fingerprint density at radius 2 is 2.20 bits per heavy atom. The number of hydrogen-bond donors (Lipinski definition) is 2. The topological polar surface area (TPSA) is 80.0 Å². The lowest BCUT2D eigenvalue weighted by atomic mass is 10.1. The summed E-state index contributed by atoms with van der Waals surface area (Å²) in [7, 11) is 1.87. The fraction of sp³-hybridized carbons (Fsp3) is 0.250. The summed E-state index contributed by atoms with van der Waals surface area (Å²) in [6, 6.07) is 3.34. The predicted octanol–water partition coefficient (Wildman–Crippen LogP) is 1.91. The molecule has 104 valence electrons. The number of carbonyl (C=O) groups excluding carboxylic acids is 1. The standard InChI is InChI=1S/C12H11ClN4O2S/c1-5-15-16-12(17(5)2)20-9-4-8-6(3-7(9)13)10(18)11(19)14-8/h3-4,10,18H,1-2H3,(H,14,19). The molecule has 0 bridgehead atoms. The highest BCUT2D eigenvalue weighted by atomic mass is 35.5. The minimum atomic E-state index is -1.15. The summed E-state index contributed by atoms with van der Waals surface area (Å²) in [5.41, 5.74) is 1.08. The fourth-order valence-corrected chi connectivity index (χ4v) is 3.07. The molecule has 0 radical (unpaired) electrons. The van der Waals surface area contributed by atoms with E-state index in [0.29, 0.717) is 21.4 Å². The van der Waals surface area contributed by atoms with Gasteiger partial charge in [-0.3, -0.25) is 4.79 Å². The summed E-state index contributed by atoms with van der Waals surface area (Å²) >= 11 is 7.56. The average molecular weight is 311 g/mol. The third kappa shape index (κ3) is 2.07. The van der Waals surface area contributed by atoms with Crippen LogP contribution in [-0.4, -0.2) is 25.8 Å². The lowest BCUT2D eigenvalue weighted by Crippen LogP contribution is -2.10. The van der Waals surface area contributed by atoms with Gasteiger partial charge in [0.1, 0.15) is 5.82 Å². The maximum Gasteiger partial charge on any atom is 0.257 e. The number of nitrogens with one attached hydrogen (secondary N) is 1. The number of aryl methyl sites for hydroxylation is 1. The van der Waals surface area contributed by atoms with Crippen molar-refractivity contribution in [2.24, 2.45) is 7.05 Å². The second-order valence-electron chi connectivity index (χ2n) is 4.45. The van der Waals surface area contributed by atoms with Crippen LogP contribution in [0.3, 0.4) is 0 Å². The highest BCUT2D eigenvalue weighted by Crippen LogP contribution is 2.40. The number of carbonyl (C=O) groups is 1. The van der Waals surface area contributed by atoms with E-state index >= 15 is 0 Å². The zero-order chi connectivity index (χ0) is 14.4. The number of halogens is 1. The van der Waals surface area contributed by atoms with Crippen LogP contribution in [0.4, 0.5) is 5.69 Å². The van der Waals surface area contributed by atoms with Crippen LogP contribution >= 0.6 is 23.4 Å². The van der Waals surface area contributed by atoms with E-state index in [2.05, 4.69) is 15.5 Å². The molecule has 1 unspecified atom stereocenters. The van der Waals surface area contributed by atoms with E-state index < -0.39 is 12.0 Å². The van der Waals surface area contributed by atoms with Gasteiger partial charge in [0.25, 0.3) is 5.91 Å². The number of aliphatic hydroxyl groups is 1. The Labute approximate surface area is 124 Å². The Balaban J connectivity index is 1.98. The molecule has 1 aliphatic rings. The molecular formula is C12H11ClN4O2S. The maximum atomic E-state index is 11.4. The van der Waals surface area contributed by atoms with Crippen molar-refractivity contribution < 1.29 is 9.90 Å². The van der Waals surface area contributed by atoms with Crippen molar-refractivity contribution in [2.75, 3.05) is 5.32 Å². The molecule has 0 aliphatic carbocycles. The average Bonchev–Trinajstić information content (AvgIpc) is 2.86. The van der Waals surface area contributed by atoms with Gasteiger partial charge in [0.2, 0.25) is 0 Å². The van der Waals surface area contributed by atoms with Crippen LogP contribution in [0.25, 0.3) is 0 Å². The van der Waals surface area contributed by atoms with Crippen LogP contribution in [0.5, 0.6) is 0 Å². The Bertz CT molecular complexity index is 716. The molecule has 0 spiro atoms. The number of hydrogen-bond acceptors (Lipinski definition) is 5. The van der Waals surface area contributed by atoms with Gasteiger partial charge in [-0.25, -0.2) is 0 Å². The molecule has 20 heavy (non-hydrogen) atoms. The van der Waals surface area contributed by atoms with Gasteiger partial charge in [-0.15, -0.1) is 10.2 Å². The van der Waals surface area contributed by atoms with Crippen molar-refractivity contribution in [1.29, 1.82) is 0 Å². The van der Waals surface area contributed by atoms with E-state index in [-0.39, 0.29) is 0 Å². The van der Waals surface area contributed by atoms with Gasteiger partial charge in [-0.05, 0) is 30.8 Å². The number of amides is 1. The summed E-state index contributed by atoms with van der Waals surface area (Å²) in [5.74, 6) is 0.362. The summed E-state index contributed by atoms with van der Waals surface area (Å²) in [6.45, 7) is 1.86. The molecule has 0 fully saturated rings. The summed E-state index contributed by atoms with van der Waals surface area (Å²) < 4.78 is 1.85. The van der Waals surface area contributed by atoms with Crippen molar-refractivity contribution in [1.82, 2.24) is 14.8 Å². The van der Waals surface area contributed by atoms with Gasteiger partial charge in [0.15, 0.2) is 11.3 Å². The Kier molecular flexibility index (Phi) is 3.19. The monoisotopic (exact) mass is 310 g/mol. The van der Waals surface area contributed by atoms with E-state index in [1.54, 1.807) is 12.1 Å². The second-order valence-corrected chi connectivity index (χ2v) is 5.87. The molecule has 2 N–H and O–H groups in total. The molecule has 2 aromatic rings. The van der Waals surface area contributed by atoms with E-state index in [4.69, 9.17) is 11.6 Å². The number of aliphatic hydroxyl groups excluding tert-OH is 1. The van der Waals surface area contributed by atoms with Crippen molar-refractivity contribution in [2.45, 2.75) is 23.1 Å². The van der Waals surface area contributed by atoms with Gasteiger partial charge >= 0.3 is 0 Å². The molecular weight excluding hydrogens is 300 g/mol. The number of anilines is 1. The quantitative estimate of drug-likeness (QED) is 0.885. The first kappa shape index (κ1) is 13.4. The van der Waals surface area contributed by atoms with E-state index in [1.807, 2.05) is 18.5 Å². The van der Waals surface area contributed by atoms with Gasteiger partial charge < -0.3 is 15.0 Å². The van der Waals surface area contributed by atoms with E-state index in [0.717, 1.165) is 10.7 Å². The van der Waals surface area contributed by atoms with Gasteiger partial charge in [-0.2, -0.15) is 0 Å². The third-order valence-corrected chi connectivity index (χ3v) is 4.68. The van der Waals surface area contributed by atoms with Gasteiger partial charge in [0, 0.05) is 23.2 Å². The SMILES string of the molecule is Cc1nnc(Sc2cc3c(cc2Cl)C(O)C(=O)N3)n1C. The predicted molar refractivity (Wildman–Crippen MR) is 74.9 cm³/mol. The van der Waals surface area contributed by atoms with E-state index in [9.17, 15) is 9.90 Å². The number of aromatic nitrogens is 3. The second kappa shape index (κ2) is 4.76. The first-order valence-corrected chi connectivity index (χ1v) is 7.03. The summed E-state index contributed by atoms with van der Waals surface area (Å²) in [6.07, 6.45) is -1.15. The molecule has 2 heterocycles. The molecule has 1 aliphatic heterocycles. The van der Waals surface area contributed by atoms with Crippen LogP contribution < -0.4 is 5.32 Å². The highest BCUT2D eigenvalue weighted by molar-refractivity contribution is 7.99. The minimum absolute atomic E-state index is 0.437. The number of rotatable bonds is 2. The zero-order valence-electron chi connectivity index (χ0n) is 10.7. The van der Waals surface area contributed by atoms with Gasteiger partial charge in [-0.1, -0.05) is 11.6 Å². The van der Waals surface area contributed by atoms with Crippen molar-refractivity contribution in [3.63, 3.8) is 0 Å². The lowest BCUT2D eigenvalue weighted by Gasteiger charge is -2.07. The largest absolute Gasteiger partial charge is 0.378 e. The third-order valence-electron chi connectivity index (χ3n) is 3.16. The smallest absolute Gasteiger partial charge is 0.257 e. The van der Waals surface area contributed by atoms with Crippen molar-refractivity contribution >= 4 is 35.0 Å². The first-order chi connectivity index (χ1) is 9.47. The molecule has 1 atom stereocenters. The van der Waals surface area contributed by atoms with Crippen LogP contribution in [0, 0.1) is 6.92 Å². The van der Waals surface area contributed by atoms with Crippen molar-refractivity contribution in [3.8, 4) is 0 Å². The zero-order valence-corrected chi connectivity index (χ0v) is 12.3. The van der Waals surface area contributed by atoms with Crippen LogP contribution in [-0.2, 0) is 11.8 Å². The van der Waals surface area contributed by atoms with Crippen LogP contribution in [0.15, 0.2) is 22.2 Å². The van der Waals surface area contributed by atoms with E-state index in [1.165, 1.54) is 11.8 Å². The number of nitrogens with zero attached hydrogens (tertiary/aromatic N) is 3. The van der Waals surface area contributed by atoms with Gasteiger partial charge in [0.05, 0.1) is 5.02 Å². The summed E-state index contributed by atoms with van der Waals surface area (Å²) in [4.78, 5) is 12.2.